The number of rotatable bonds is 9. The van der Waals surface area contributed by atoms with Crippen molar-refractivity contribution in [1.82, 2.24) is 29.7 Å². The number of aromatic nitrogens is 4. The lowest BCUT2D eigenvalue weighted by atomic mass is 9.95. The lowest BCUT2D eigenvalue weighted by molar-refractivity contribution is 0.112. The first kappa shape index (κ1) is 35.4. The van der Waals surface area contributed by atoms with Crippen LogP contribution in [-0.4, -0.2) is 70.6 Å². The van der Waals surface area contributed by atoms with Crippen molar-refractivity contribution in [2.75, 3.05) is 19.7 Å². The third-order valence-corrected chi connectivity index (χ3v) is 14.9. The normalized spacial score (nSPS) is 19.8. The van der Waals surface area contributed by atoms with E-state index < -0.39 is 31.1 Å². The van der Waals surface area contributed by atoms with E-state index in [0.717, 1.165) is 30.9 Å². The van der Waals surface area contributed by atoms with E-state index >= 15 is 0 Å². The van der Waals surface area contributed by atoms with E-state index in [2.05, 4.69) is 54.1 Å². The molecule has 0 aromatic carbocycles. The summed E-state index contributed by atoms with van der Waals surface area (Å²) in [5, 5.41) is 3.09. The summed E-state index contributed by atoms with van der Waals surface area (Å²) in [6.45, 7) is 20.9. The van der Waals surface area contributed by atoms with Gasteiger partial charge in [-0.2, -0.15) is 4.98 Å². The van der Waals surface area contributed by atoms with Crippen LogP contribution >= 0.6 is 11.6 Å². The van der Waals surface area contributed by atoms with Crippen LogP contribution in [0.5, 0.6) is 5.88 Å². The standard InChI is InChI=1S/C34H48ClFN6O4Si/c1-20(2)26-27(23(11-15-37-26)10-12-34(13-14-34)19-45-47(8,9)33(5,6)7)42-29-24(16-25(36)28(35)39-29)30(40-31(42)43)46-32(44)41-18-21(3)38-17-22(41)4/h11,15-16,20-22,38H,10,12-14,17-19H2,1-9H3/t21-,22+/m0/s1. The Balaban J connectivity index is 1.55. The van der Waals surface area contributed by atoms with Crippen molar-refractivity contribution in [3.8, 4) is 11.6 Å². The van der Waals surface area contributed by atoms with Gasteiger partial charge in [-0.05, 0) is 86.7 Å². The molecule has 47 heavy (non-hydrogen) atoms. The fraction of sp³-hybridized carbons (Fsp3) is 0.618. The number of fused-ring (bicyclic) bond motifs is 1. The molecule has 256 valence electrons. The van der Waals surface area contributed by atoms with Gasteiger partial charge < -0.3 is 19.4 Å². The van der Waals surface area contributed by atoms with Crippen molar-refractivity contribution < 1.29 is 18.3 Å². The number of nitrogens with one attached hydrogen (secondary N) is 1. The average Bonchev–Trinajstić information content (AvgIpc) is 3.77. The van der Waals surface area contributed by atoms with E-state index in [1.54, 1.807) is 11.1 Å². The molecule has 1 amide bonds. The Morgan fingerprint density at radius 3 is 2.57 bits per heavy atom. The van der Waals surface area contributed by atoms with E-state index in [9.17, 15) is 14.0 Å². The molecule has 5 rings (SSSR count). The highest BCUT2D eigenvalue weighted by Crippen LogP contribution is 2.51. The number of aryl methyl sites for hydroxylation is 1. The highest BCUT2D eigenvalue weighted by atomic mass is 35.5. The van der Waals surface area contributed by atoms with E-state index in [1.807, 2.05) is 33.8 Å². The molecule has 1 aliphatic carbocycles. The number of nitrogens with zero attached hydrogens (tertiary/aromatic N) is 5. The second-order valence-electron chi connectivity index (χ2n) is 15.3. The molecule has 1 N–H and O–H groups in total. The van der Waals surface area contributed by atoms with Gasteiger partial charge in [0.1, 0.15) is 0 Å². The molecule has 2 aliphatic rings. The van der Waals surface area contributed by atoms with Crippen LogP contribution in [-0.2, 0) is 10.8 Å². The van der Waals surface area contributed by atoms with Gasteiger partial charge in [0.05, 0.1) is 16.8 Å². The summed E-state index contributed by atoms with van der Waals surface area (Å²) in [7, 11) is -1.91. The van der Waals surface area contributed by atoms with E-state index in [-0.39, 0.29) is 45.4 Å². The minimum Gasteiger partial charge on any atom is -0.416 e. The SMILES string of the molecule is CC(C)c1nccc(CCC2(CO[Si](C)(C)C(C)(C)C)CC2)c1-n1c(=O)nc(OC(=O)N2C[C@H](C)NC[C@H]2C)c2cc(F)c(Cl)nc21. The Labute approximate surface area is 282 Å². The lowest BCUT2D eigenvalue weighted by Gasteiger charge is -2.37. The molecule has 10 nitrogen and oxygen atoms in total. The fourth-order valence-electron chi connectivity index (χ4n) is 5.76. The third-order valence-electron chi connectivity index (χ3n) is 10.2. The second kappa shape index (κ2) is 13.2. The van der Waals surface area contributed by atoms with Crippen molar-refractivity contribution >= 4 is 37.0 Å². The summed E-state index contributed by atoms with van der Waals surface area (Å²) in [6, 6.07) is 2.93. The third kappa shape index (κ3) is 7.40. The van der Waals surface area contributed by atoms with Crippen LogP contribution in [0.1, 0.15) is 84.9 Å². The molecule has 1 aliphatic heterocycles. The van der Waals surface area contributed by atoms with Gasteiger partial charge in [0.2, 0.25) is 5.88 Å². The molecule has 0 radical (unpaired) electrons. The zero-order valence-electron chi connectivity index (χ0n) is 29.0. The summed E-state index contributed by atoms with van der Waals surface area (Å²) in [5.41, 5.74) is 1.51. The van der Waals surface area contributed by atoms with Gasteiger partial charge in [-0.15, -0.1) is 0 Å². The molecule has 1 saturated heterocycles. The minimum atomic E-state index is -1.91. The van der Waals surface area contributed by atoms with Crippen molar-refractivity contribution in [2.45, 2.75) is 110 Å². The lowest BCUT2D eigenvalue weighted by Crippen LogP contribution is -2.57. The molecule has 0 bridgehead atoms. The van der Waals surface area contributed by atoms with Crippen LogP contribution in [0, 0.1) is 11.2 Å². The quantitative estimate of drug-likeness (QED) is 0.189. The first-order chi connectivity index (χ1) is 21.9. The second-order valence-corrected chi connectivity index (χ2v) is 20.4. The molecule has 13 heteroatoms. The number of hydrogen-bond donors (Lipinski definition) is 1. The first-order valence-electron chi connectivity index (χ1n) is 16.6. The van der Waals surface area contributed by atoms with Gasteiger partial charge in [-0.25, -0.2) is 23.5 Å². The highest BCUT2D eigenvalue weighted by Gasteiger charge is 2.46. The van der Waals surface area contributed by atoms with Crippen molar-refractivity contribution in [3.63, 3.8) is 0 Å². The Morgan fingerprint density at radius 2 is 1.94 bits per heavy atom. The molecule has 2 fully saturated rings. The first-order valence-corrected chi connectivity index (χ1v) is 19.8. The predicted molar refractivity (Wildman–Crippen MR) is 185 cm³/mol. The molecule has 3 aromatic heterocycles. The molecular weight excluding hydrogens is 639 g/mol. The maximum atomic E-state index is 15.0. The summed E-state index contributed by atoms with van der Waals surface area (Å²) in [6.07, 6.45) is 4.79. The number of ether oxygens (including phenoxy) is 1. The van der Waals surface area contributed by atoms with E-state index in [1.165, 1.54) is 4.57 Å². The summed E-state index contributed by atoms with van der Waals surface area (Å²) < 4.78 is 28.6. The van der Waals surface area contributed by atoms with Crippen LogP contribution in [0.4, 0.5) is 9.18 Å². The fourth-order valence-corrected chi connectivity index (χ4v) is 6.99. The molecule has 2 atom stereocenters. The smallest absolute Gasteiger partial charge is 0.416 e. The van der Waals surface area contributed by atoms with Crippen molar-refractivity contribution in [1.29, 1.82) is 0 Å². The van der Waals surface area contributed by atoms with Crippen LogP contribution in [0.15, 0.2) is 23.1 Å². The summed E-state index contributed by atoms with van der Waals surface area (Å²) in [4.78, 5) is 42.0. The summed E-state index contributed by atoms with van der Waals surface area (Å²) >= 11 is 6.22. The molecule has 4 heterocycles. The zero-order valence-corrected chi connectivity index (χ0v) is 30.8. The Bertz CT molecular complexity index is 1720. The van der Waals surface area contributed by atoms with Gasteiger partial charge in [-0.1, -0.05) is 46.2 Å². The maximum absolute atomic E-state index is 15.0. The minimum absolute atomic E-state index is 0.0412. The van der Waals surface area contributed by atoms with Crippen LogP contribution in [0.3, 0.4) is 0 Å². The number of hydrogen-bond acceptors (Lipinski definition) is 8. The molecule has 1 saturated carbocycles. The number of halogens is 2. The average molecular weight is 687 g/mol. The van der Waals surface area contributed by atoms with Crippen LogP contribution in [0.2, 0.25) is 23.3 Å². The number of pyridine rings is 2. The molecular formula is C34H48ClFN6O4Si. The van der Waals surface area contributed by atoms with Crippen LogP contribution in [0.25, 0.3) is 16.7 Å². The van der Waals surface area contributed by atoms with Crippen molar-refractivity contribution in [2.24, 2.45) is 5.41 Å². The van der Waals surface area contributed by atoms with Gasteiger partial charge in [0.25, 0.3) is 0 Å². The molecule has 0 spiro atoms. The van der Waals surface area contributed by atoms with Gasteiger partial charge in [-0.3, -0.25) is 4.98 Å². The van der Waals surface area contributed by atoms with E-state index in [0.29, 0.717) is 37.5 Å². The number of piperazine rings is 1. The summed E-state index contributed by atoms with van der Waals surface area (Å²) in [5.74, 6) is -1.20. The number of amides is 1. The van der Waals surface area contributed by atoms with Crippen LogP contribution < -0.4 is 15.7 Å². The monoisotopic (exact) mass is 686 g/mol. The predicted octanol–water partition coefficient (Wildman–Crippen LogP) is 7.01. The number of carbonyl (C=O) groups is 1. The van der Waals surface area contributed by atoms with Gasteiger partial charge in [0, 0.05) is 38.0 Å². The van der Waals surface area contributed by atoms with E-state index in [4.69, 9.17) is 20.8 Å². The Morgan fingerprint density at radius 1 is 1.23 bits per heavy atom. The largest absolute Gasteiger partial charge is 0.416 e. The van der Waals surface area contributed by atoms with Crippen molar-refractivity contribution in [3.05, 3.63) is 51.0 Å². The number of carbonyl (C=O) groups excluding carboxylic acids is 1. The van der Waals surface area contributed by atoms with Gasteiger partial charge >= 0.3 is 11.8 Å². The Kier molecular flexibility index (Phi) is 9.91. The Hall–Kier alpha value is -2.93. The highest BCUT2D eigenvalue weighted by molar-refractivity contribution is 6.74. The topological polar surface area (TPSA) is 111 Å². The maximum Gasteiger partial charge on any atom is 0.416 e. The molecule has 0 unspecified atom stereocenters. The molecule has 3 aromatic rings. The van der Waals surface area contributed by atoms with Gasteiger partial charge in [0.15, 0.2) is 24.9 Å². The zero-order chi connectivity index (χ0) is 34.5.